The summed E-state index contributed by atoms with van der Waals surface area (Å²) in [7, 11) is 0. The summed E-state index contributed by atoms with van der Waals surface area (Å²) >= 11 is 3.88. The number of fused-ring (bicyclic) bond motifs is 8. The van der Waals surface area contributed by atoms with E-state index in [0.717, 1.165) is 4.47 Å². The predicted molar refractivity (Wildman–Crippen MR) is 302 cm³/mol. The fourth-order valence-electron chi connectivity index (χ4n) is 10.6. The molecular weight excluding hydrogens is 897 g/mol. The molecule has 0 aromatic heterocycles. The largest absolute Gasteiger partial charge is 0.0616 e. The maximum atomic E-state index is 3.88. The van der Waals surface area contributed by atoms with Crippen LogP contribution < -0.4 is 0 Å². The lowest BCUT2D eigenvalue weighted by atomic mass is 9.90. The first-order chi connectivity index (χ1) is 34.1. The van der Waals surface area contributed by atoms with Gasteiger partial charge in [-0.3, -0.25) is 0 Å². The molecule has 0 saturated heterocycles. The Morgan fingerprint density at radius 3 is 0.841 bits per heavy atom. The van der Waals surface area contributed by atoms with E-state index in [1.54, 1.807) is 0 Å². The van der Waals surface area contributed by atoms with Crippen molar-refractivity contribution in [2.75, 3.05) is 0 Å². The average molecular weight is 940 g/mol. The number of benzene rings is 14. The molecule has 69 heavy (non-hydrogen) atoms. The Hall–Kier alpha value is -8.36. The normalized spacial score (nSPS) is 11.6. The van der Waals surface area contributed by atoms with Gasteiger partial charge in [0.2, 0.25) is 0 Å². The highest BCUT2D eigenvalue weighted by atomic mass is 79.9. The lowest BCUT2D eigenvalue weighted by molar-refractivity contribution is 1.66. The second-order valence-corrected chi connectivity index (χ2v) is 18.9. The quantitative estimate of drug-likeness (QED) is 0.154. The van der Waals surface area contributed by atoms with Gasteiger partial charge in [0, 0.05) is 4.47 Å². The third-order valence-electron chi connectivity index (χ3n) is 14.1. The maximum Gasteiger partial charge on any atom is 0.0332 e. The molecule has 0 radical (unpaired) electrons. The van der Waals surface area contributed by atoms with Gasteiger partial charge in [0.15, 0.2) is 0 Å². The molecule has 0 atom stereocenters. The Kier molecular flexibility index (Phi) is 10.1. The van der Waals surface area contributed by atoms with Gasteiger partial charge < -0.3 is 0 Å². The first-order valence-corrected chi connectivity index (χ1v) is 24.5. The van der Waals surface area contributed by atoms with Gasteiger partial charge in [-0.05, 0) is 189 Å². The molecule has 0 aliphatic heterocycles. The fraction of sp³-hybridized carbons (Fsp3) is 0. The number of halogens is 1. The van der Waals surface area contributed by atoms with Crippen molar-refractivity contribution < 1.29 is 0 Å². The third kappa shape index (κ3) is 7.40. The highest BCUT2D eigenvalue weighted by molar-refractivity contribution is 9.10. The SMILES string of the molecule is Brc1c2ccccc2c(-c2ccc3ccc(-c4ccc5ccccc5c4)cc3c2)c2ccccc12.c1ccc2cc(-c3ccc4ccc(-c5c6ccccc6cc6ccccc56)cc4c3)ccc2c1. The monoisotopic (exact) mass is 938 g/mol. The van der Waals surface area contributed by atoms with Crippen molar-refractivity contribution >= 4 is 102 Å². The Morgan fingerprint density at radius 2 is 0.435 bits per heavy atom. The van der Waals surface area contributed by atoms with E-state index in [-0.39, 0.29) is 0 Å². The summed E-state index contributed by atoms with van der Waals surface area (Å²) in [5.41, 5.74) is 10.1. The molecule has 14 aromatic carbocycles. The second kappa shape index (κ2) is 17.1. The zero-order valence-corrected chi connectivity index (χ0v) is 39.3. The van der Waals surface area contributed by atoms with Gasteiger partial charge in [0.25, 0.3) is 0 Å². The zero-order valence-electron chi connectivity index (χ0n) is 37.7. The van der Waals surface area contributed by atoms with Gasteiger partial charge in [0.05, 0.1) is 0 Å². The zero-order chi connectivity index (χ0) is 45.8. The maximum absolute atomic E-state index is 3.88. The van der Waals surface area contributed by atoms with E-state index in [1.807, 2.05) is 0 Å². The van der Waals surface area contributed by atoms with Gasteiger partial charge in [-0.25, -0.2) is 0 Å². The van der Waals surface area contributed by atoms with Gasteiger partial charge in [-0.1, -0.05) is 218 Å². The smallest absolute Gasteiger partial charge is 0.0332 e. The van der Waals surface area contributed by atoms with Crippen molar-refractivity contribution in [3.63, 3.8) is 0 Å². The van der Waals surface area contributed by atoms with Crippen LogP contribution in [0.25, 0.3) is 131 Å². The fourth-order valence-corrected chi connectivity index (χ4v) is 11.3. The molecule has 0 bridgehead atoms. The van der Waals surface area contributed by atoms with Gasteiger partial charge >= 0.3 is 0 Å². The summed E-state index contributed by atoms with van der Waals surface area (Å²) in [4.78, 5) is 0. The van der Waals surface area contributed by atoms with Crippen molar-refractivity contribution in [2.24, 2.45) is 0 Å². The summed E-state index contributed by atoms with van der Waals surface area (Å²) in [5, 5.41) is 20.3. The molecular formula is C68H43Br. The predicted octanol–water partition coefficient (Wildman–Crippen LogP) is 20.0. The molecule has 14 aromatic rings. The molecule has 0 heterocycles. The van der Waals surface area contributed by atoms with Crippen LogP contribution in [-0.4, -0.2) is 0 Å². The molecule has 322 valence electrons. The topological polar surface area (TPSA) is 0 Å². The average Bonchev–Trinajstić information content (AvgIpc) is 3.42. The van der Waals surface area contributed by atoms with Crippen LogP contribution in [0.2, 0.25) is 0 Å². The molecule has 0 saturated carbocycles. The van der Waals surface area contributed by atoms with Crippen molar-refractivity contribution in [1.29, 1.82) is 0 Å². The van der Waals surface area contributed by atoms with E-state index in [2.05, 4.69) is 277 Å². The van der Waals surface area contributed by atoms with Crippen LogP contribution >= 0.6 is 15.9 Å². The molecule has 1 heteroatoms. The molecule has 0 aliphatic carbocycles. The first-order valence-electron chi connectivity index (χ1n) is 23.7. The highest BCUT2D eigenvalue weighted by Crippen LogP contribution is 2.43. The second-order valence-electron chi connectivity index (χ2n) is 18.2. The summed E-state index contributed by atoms with van der Waals surface area (Å²) in [6.45, 7) is 0. The Balaban J connectivity index is 0.000000136. The lowest BCUT2D eigenvalue weighted by Crippen LogP contribution is -1.88. The van der Waals surface area contributed by atoms with Crippen LogP contribution in [-0.2, 0) is 0 Å². The highest BCUT2D eigenvalue weighted by Gasteiger charge is 2.15. The molecule has 0 fully saturated rings. The summed E-state index contributed by atoms with van der Waals surface area (Å²) in [6.07, 6.45) is 0. The number of hydrogen-bond donors (Lipinski definition) is 0. The standard InChI is InChI=1S/C34H21Br.C34H22/c35-34-31-11-5-3-9-29(31)33(30-10-4-6-12-32(30)34)27-18-15-23-14-17-26(20-28(23)21-27)25-16-13-22-7-1-2-8-24(22)19-25;1-2-8-25-19-26(16-13-23(25)7-1)27-17-14-24-15-18-30(22-31(24)20-27)34-32-11-5-3-9-28(32)21-29-10-4-6-12-33(29)34/h1-21H;1-22H. The van der Waals surface area contributed by atoms with E-state index in [4.69, 9.17) is 0 Å². The van der Waals surface area contributed by atoms with E-state index < -0.39 is 0 Å². The Bertz CT molecular complexity index is 4220. The van der Waals surface area contributed by atoms with E-state index in [9.17, 15) is 0 Å². The molecule has 0 unspecified atom stereocenters. The third-order valence-corrected chi connectivity index (χ3v) is 14.9. The summed E-state index contributed by atoms with van der Waals surface area (Å²) in [5.74, 6) is 0. The minimum absolute atomic E-state index is 1.16. The number of hydrogen-bond acceptors (Lipinski definition) is 0. The molecule has 14 rings (SSSR count). The van der Waals surface area contributed by atoms with Crippen LogP contribution in [0.3, 0.4) is 0 Å². The lowest BCUT2D eigenvalue weighted by Gasteiger charge is -2.15. The van der Waals surface area contributed by atoms with Crippen molar-refractivity contribution in [3.8, 4) is 44.5 Å². The molecule has 0 N–H and O–H groups in total. The molecule has 0 spiro atoms. The van der Waals surface area contributed by atoms with Crippen LogP contribution in [0.4, 0.5) is 0 Å². The van der Waals surface area contributed by atoms with Crippen molar-refractivity contribution in [2.45, 2.75) is 0 Å². The van der Waals surface area contributed by atoms with Crippen LogP contribution in [0.1, 0.15) is 0 Å². The van der Waals surface area contributed by atoms with Crippen LogP contribution in [0.15, 0.2) is 265 Å². The van der Waals surface area contributed by atoms with E-state index >= 15 is 0 Å². The van der Waals surface area contributed by atoms with Gasteiger partial charge in [0.1, 0.15) is 0 Å². The minimum Gasteiger partial charge on any atom is -0.0616 e. The van der Waals surface area contributed by atoms with Crippen molar-refractivity contribution in [1.82, 2.24) is 0 Å². The molecule has 0 amide bonds. The van der Waals surface area contributed by atoms with E-state index in [0.29, 0.717) is 0 Å². The Morgan fingerprint density at radius 1 is 0.174 bits per heavy atom. The van der Waals surface area contributed by atoms with E-state index in [1.165, 1.54) is 131 Å². The minimum atomic E-state index is 1.16. The Labute approximate surface area is 409 Å². The summed E-state index contributed by atoms with van der Waals surface area (Å²) < 4.78 is 1.16. The van der Waals surface area contributed by atoms with Gasteiger partial charge in [-0.2, -0.15) is 0 Å². The van der Waals surface area contributed by atoms with Crippen LogP contribution in [0, 0.1) is 0 Å². The molecule has 0 nitrogen and oxygen atoms in total. The number of rotatable bonds is 4. The summed E-state index contributed by atoms with van der Waals surface area (Å²) in [6, 6.07) is 95.0. The first kappa shape index (κ1) is 40.9. The van der Waals surface area contributed by atoms with Gasteiger partial charge in [-0.15, -0.1) is 0 Å². The molecule has 0 aliphatic rings. The van der Waals surface area contributed by atoms with Crippen LogP contribution in [0.5, 0.6) is 0 Å². The van der Waals surface area contributed by atoms with Crippen molar-refractivity contribution in [3.05, 3.63) is 265 Å².